The zero-order chi connectivity index (χ0) is 9.72. The maximum atomic E-state index is 12.0. The molecular formula is C8H16F2N2. The molecule has 0 aromatic carbocycles. The molecule has 0 aliphatic carbocycles. The van der Waals surface area contributed by atoms with Crippen LogP contribution in [0.15, 0.2) is 4.99 Å². The third-order valence-corrected chi connectivity index (χ3v) is 1.70. The van der Waals surface area contributed by atoms with E-state index in [1.54, 1.807) is 18.9 Å². The van der Waals surface area contributed by atoms with E-state index >= 15 is 0 Å². The Morgan fingerprint density at radius 2 is 1.92 bits per heavy atom. The molecule has 0 bridgehead atoms. The van der Waals surface area contributed by atoms with Crippen LogP contribution in [0.2, 0.25) is 0 Å². The van der Waals surface area contributed by atoms with E-state index in [0.717, 1.165) is 0 Å². The van der Waals surface area contributed by atoms with Gasteiger partial charge in [0.15, 0.2) is 0 Å². The first-order valence-corrected chi connectivity index (χ1v) is 3.97. The Morgan fingerprint density at radius 3 is 2.17 bits per heavy atom. The standard InChI is InChI=1S/C8H16F2N2/c1-6(2)12(5-8(9)10)7(3)11-4/h6,8H,5H2,1-4H3. The van der Waals surface area contributed by atoms with Crippen molar-refractivity contribution in [2.45, 2.75) is 33.2 Å². The molecule has 0 N–H and O–H groups in total. The van der Waals surface area contributed by atoms with Gasteiger partial charge in [0.05, 0.1) is 12.4 Å². The molecule has 2 nitrogen and oxygen atoms in total. The highest BCUT2D eigenvalue weighted by atomic mass is 19.3. The average Bonchev–Trinajstić information content (AvgIpc) is 1.98. The molecule has 0 saturated heterocycles. The second-order valence-corrected chi connectivity index (χ2v) is 2.91. The second-order valence-electron chi connectivity index (χ2n) is 2.91. The van der Waals surface area contributed by atoms with Crippen LogP contribution in [-0.2, 0) is 0 Å². The normalized spacial score (nSPS) is 12.8. The molecule has 0 spiro atoms. The summed E-state index contributed by atoms with van der Waals surface area (Å²) >= 11 is 0. The molecule has 0 aliphatic heterocycles. The summed E-state index contributed by atoms with van der Waals surface area (Å²) in [6.07, 6.45) is -2.30. The molecule has 0 amide bonds. The number of rotatable bonds is 3. The van der Waals surface area contributed by atoms with E-state index in [1.807, 2.05) is 13.8 Å². The Hall–Kier alpha value is -0.670. The molecule has 0 atom stereocenters. The van der Waals surface area contributed by atoms with Gasteiger partial charge in [0.1, 0.15) is 0 Å². The first-order chi connectivity index (χ1) is 5.49. The number of nitrogens with zero attached hydrogens (tertiary/aromatic N) is 2. The SMILES string of the molecule is CN=C(C)N(CC(F)F)C(C)C. The molecule has 0 saturated carbocycles. The lowest BCUT2D eigenvalue weighted by Gasteiger charge is -2.27. The summed E-state index contributed by atoms with van der Waals surface area (Å²) in [5.41, 5.74) is 0. The van der Waals surface area contributed by atoms with Crippen molar-refractivity contribution in [2.24, 2.45) is 4.99 Å². The average molecular weight is 178 g/mol. The number of halogens is 2. The summed E-state index contributed by atoms with van der Waals surface area (Å²) in [6, 6.07) is 0.0719. The summed E-state index contributed by atoms with van der Waals surface area (Å²) in [7, 11) is 1.61. The monoisotopic (exact) mass is 178 g/mol. The number of alkyl halides is 2. The quantitative estimate of drug-likeness (QED) is 0.477. The Morgan fingerprint density at radius 1 is 1.42 bits per heavy atom. The van der Waals surface area contributed by atoms with Crippen molar-refractivity contribution in [3.63, 3.8) is 0 Å². The van der Waals surface area contributed by atoms with Crippen molar-refractivity contribution in [3.05, 3.63) is 0 Å². The van der Waals surface area contributed by atoms with Gasteiger partial charge in [-0.15, -0.1) is 0 Å². The van der Waals surface area contributed by atoms with Crippen molar-refractivity contribution < 1.29 is 8.78 Å². The van der Waals surface area contributed by atoms with Crippen LogP contribution in [0.1, 0.15) is 20.8 Å². The van der Waals surface area contributed by atoms with E-state index in [4.69, 9.17) is 0 Å². The molecule has 72 valence electrons. The van der Waals surface area contributed by atoms with Crippen molar-refractivity contribution in [3.8, 4) is 0 Å². The zero-order valence-corrected chi connectivity index (χ0v) is 8.01. The number of aliphatic imine (C=N–C) groups is 1. The molecule has 0 heterocycles. The Kier molecular flexibility index (Phi) is 4.78. The van der Waals surface area contributed by atoms with Crippen molar-refractivity contribution in [1.82, 2.24) is 4.90 Å². The van der Waals surface area contributed by atoms with E-state index < -0.39 is 6.43 Å². The van der Waals surface area contributed by atoms with Gasteiger partial charge >= 0.3 is 0 Å². The highest BCUT2D eigenvalue weighted by Crippen LogP contribution is 2.04. The van der Waals surface area contributed by atoms with Crippen LogP contribution in [0, 0.1) is 0 Å². The highest BCUT2D eigenvalue weighted by Gasteiger charge is 2.15. The lowest BCUT2D eigenvalue weighted by atomic mass is 10.3. The van der Waals surface area contributed by atoms with Crippen molar-refractivity contribution in [2.75, 3.05) is 13.6 Å². The first-order valence-electron chi connectivity index (χ1n) is 3.97. The van der Waals surface area contributed by atoms with Crippen LogP contribution in [0.5, 0.6) is 0 Å². The van der Waals surface area contributed by atoms with Gasteiger partial charge in [0.2, 0.25) is 0 Å². The molecule has 0 aromatic heterocycles. The molecule has 0 aromatic rings. The molecule has 0 aliphatic rings. The maximum absolute atomic E-state index is 12.0. The van der Waals surface area contributed by atoms with E-state index in [-0.39, 0.29) is 12.6 Å². The van der Waals surface area contributed by atoms with Crippen molar-refractivity contribution >= 4 is 5.84 Å². The fraction of sp³-hybridized carbons (Fsp3) is 0.875. The second kappa shape index (κ2) is 5.06. The third kappa shape index (κ3) is 3.64. The zero-order valence-electron chi connectivity index (χ0n) is 8.01. The van der Waals surface area contributed by atoms with Crippen LogP contribution < -0.4 is 0 Å². The summed E-state index contributed by atoms with van der Waals surface area (Å²) in [6.45, 7) is 5.25. The third-order valence-electron chi connectivity index (χ3n) is 1.70. The Bertz CT molecular complexity index is 155. The van der Waals surface area contributed by atoms with Gasteiger partial charge in [-0.3, -0.25) is 4.99 Å². The number of hydrogen-bond donors (Lipinski definition) is 0. The smallest absolute Gasteiger partial charge is 0.255 e. The van der Waals surface area contributed by atoms with Gasteiger partial charge in [-0.1, -0.05) is 0 Å². The molecule has 12 heavy (non-hydrogen) atoms. The Balaban J connectivity index is 4.24. The summed E-state index contributed by atoms with van der Waals surface area (Å²) in [5.74, 6) is 0.658. The first kappa shape index (κ1) is 11.3. The van der Waals surface area contributed by atoms with E-state index in [0.29, 0.717) is 5.84 Å². The van der Waals surface area contributed by atoms with Crippen LogP contribution >= 0.6 is 0 Å². The van der Waals surface area contributed by atoms with E-state index in [2.05, 4.69) is 4.99 Å². The van der Waals surface area contributed by atoms with Crippen LogP contribution in [0.3, 0.4) is 0 Å². The lowest BCUT2D eigenvalue weighted by molar-refractivity contribution is 0.106. The lowest BCUT2D eigenvalue weighted by Crippen LogP contribution is -2.38. The summed E-state index contributed by atoms with van der Waals surface area (Å²) in [4.78, 5) is 5.46. The van der Waals surface area contributed by atoms with Gasteiger partial charge in [0.25, 0.3) is 6.43 Å². The van der Waals surface area contributed by atoms with E-state index in [1.165, 1.54) is 0 Å². The van der Waals surface area contributed by atoms with E-state index in [9.17, 15) is 8.78 Å². The van der Waals surface area contributed by atoms with Gasteiger partial charge < -0.3 is 4.90 Å². The van der Waals surface area contributed by atoms with Crippen LogP contribution in [0.25, 0.3) is 0 Å². The van der Waals surface area contributed by atoms with Gasteiger partial charge in [-0.2, -0.15) is 0 Å². The summed E-state index contributed by atoms with van der Waals surface area (Å²) < 4.78 is 24.1. The molecule has 0 unspecified atom stereocenters. The minimum atomic E-state index is -2.30. The van der Waals surface area contributed by atoms with Crippen molar-refractivity contribution in [1.29, 1.82) is 0 Å². The molecule has 0 fully saturated rings. The number of amidine groups is 1. The highest BCUT2D eigenvalue weighted by molar-refractivity contribution is 5.79. The largest absolute Gasteiger partial charge is 0.352 e. The van der Waals surface area contributed by atoms with Gasteiger partial charge in [0, 0.05) is 13.1 Å². The molecule has 4 heteroatoms. The fourth-order valence-electron chi connectivity index (χ4n) is 0.994. The van der Waals surface area contributed by atoms with Gasteiger partial charge in [-0.25, -0.2) is 8.78 Å². The molecule has 0 radical (unpaired) electrons. The van der Waals surface area contributed by atoms with Crippen LogP contribution in [0.4, 0.5) is 8.78 Å². The molecule has 0 rings (SSSR count). The maximum Gasteiger partial charge on any atom is 0.255 e. The topological polar surface area (TPSA) is 15.6 Å². The predicted octanol–water partition coefficient (Wildman–Crippen LogP) is 2.01. The fourth-order valence-corrected chi connectivity index (χ4v) is 0.994. The molecular weight excluding hydrogens is 162 g/mol. The number of hydrogen-bond acceptors (Lipinski definition) is 1. The minimum absolute atomic E-state index is 0.0719. The predicted molar refractivity (Wildman–Crippen MR) is 46.9 cm³/mol. The minimum Gasteiger partial charge on any atom is -0.352 e. The summed E-state index contributed by atoms with van der Waals surface area (Å²) in [5, 5.41) is 0. The van der Waals surface area contributed by atoms with Gasteiger partial charge in [-0.05, 0) is 20.8 Å². The Labute approximate surface area is 72.3 Å². The van der Waals surface area contributed by atoms with Crippen LogP contribution in [-0.4, -0.2) is 36.8 Å².